The van der Waals surface area contributed by atoms with Crippen molar-refractivity contribution in [2.45, 2.75) is 19.4 Å². The number of fused-ring (bicyclic) bond motifs is 1. The molecular weight excluding hydrogens is 212 g/mol. The van der Waals surface area contributed by atoms with Crippen LogP contribution in [0, 0.1) is 0 Å². The van der Waals surface area contributed by atoms with Crippen LogP contribution in [-0.2, 0) is 6.42 Å². The number of halogens is 1. The summed E-state index contributed by atoms with van der Waals surface area (Å²) < 4.78 is 0. The van der Waals surface area contributed by atoms with Gasteiger partial charge in [-0.25, -0.2) is 0 Å². The van der Waals surface area contributed by atoms with Crippen LogP contribution in [0.4, 0.5) is 0 Å². The number of hydrogen-bond acceptors (Lipinski definition) is 2. The van der Waals surface area contributed by atoms with Crippen LogP contribution in [0.15, 0.2) is 24.4 Å². The van der Waals surface area contributed by atoms with Crippen molar-refractivity contribution in [3.05, 3.63) is 30.0 Å². The summed E-state index contributed by atoms with van der Waals surface area (Å²) in [4.78, 5) is 3.15. The molecule has 82 valence electrons. The number of benzene rings is 1. The largest absolute Gasteiger partial charge is 0.508 e. The predicted octanol–water partition coefficient (Wildman–Crippen LogP) is 2.19. The van der Waals surface area contributed by atoms with E-state index in [9.17, 15) is 5.11 Å². The minimum Gasteiger partial charge on any atom is -0.508 e. The highest BCUT2D eigenvalue weighted by Crippen LogP contribution is 2.23. The van der Waals surface area contributed by atoms with E-state index in [2.05, 4.69) is 4.98 Å². The highest BCUT2D eigenvalue weighted by Gasteiger charge is 2.05. The van der Waals surface area contributed by atoms with E-state index in [1.54, 1.807) is 12.1 Å². The lowest BCUT2D eigenvalue weighted by Crippen LogP contribution is -2.17. The first-order valence-corrected chi connectivity index (χ1v) is 4.71. The fraction of sp³-hybridized carbons (Fsp3) is 0.273. The Morgan fingerprint density at radius 2 is 2.20 bits per heavy atom. The number of aromatic hydroxyl groups is 1. The summed E-state index contributed by atoms with van der Waals surface area (Å²) in [6.07, 6.45) is 2.77. The predicted molar refractivity (Wildman–Crippen MR) is 64.6 cm³/mol. The molecule has 0 amide bonds. The highest BCUT2D eigenvalue weighted by atomic mass is 35.5. The number of rotatable bonds is 2. The molecule has 0 aliphatic heterocycles. The lowest BCUT2D eigenvalue weighted by Gasteiger charge is -2.02. The van der Waals surface area contributed by atoms with Gasteiger partial charge in [0.1, 0.15) is 5.75 Å². The van der Waals surface area contributed by atoms with Crippen molar-refractivity contribution in [3.63, 3.8) is 0 Å². The van der Waals surface area contributed by atoms with Crippen molar-refractivity contribution in [3.8, 4) is 5.75 Å². The molecule has 0 fully saturated rings. The molecule has 0 aliphatic carbocycles. The normalized spacial score (nSPS) is 12.4. The summed E-state index contributed by atoms with van der Waals surface area (Å²) >= 11 is 0. The van der Waals surface area contributed by atoms with E-state index in [0.717, 1.165) is 22.9 Å². The molecule has 4 N–H and O–H groups in total. The van der Waals surface area contributed by atoms with Crippen LogP contribution in [0.2, 0.25) is 0 Å². The first kappa shape index (κ1) is 11.9. The second kappa shape index (κ2) is 4.55. The zero-order valence-electron chi connectivity index (χ0n) is 8.53. The van der Waals surface area contributed by atoms with Crippen LogP contribution in [0.1, 0.15) is 12.5 Å². The third-order valence-corrected chi connectivity index (χ3v) is 2.29. The van der Waals surface area contributed by atoms with Crippen LogP contribution in [0.25, 0.3) is 10.9 Å². The van der Waals surface area contributed by atoms with Gasteiger partial charge in [-0.05, 0) is 37.1 Å². The van der Waals surface area contributed by atoms with E-state index in [1.165, 1.54) is 0 Å². The maximum absolute atomic E-state index is 9.36. The zero-order chi connectivity index (χ0) is 10.1. The van der Waals surface area contributed by atoms with Gasteiger partial charge in [-0.1, -0.05) is 0 Å². The van der Waals surface area contributed by atoms with E-state index in [4.69, 9.17) is 5.73 Å². The van der Waals surface area contributed by atoms with E-state index >= 15 is 0 Å². The molecule has 0 radical (unpaired) electrons. The minimum atomic E-state index is 0. The van der Waals surface area contributed by atoms with Crippen LogP contribution < -0.4 is 5.73 Å². The van der Waals surface area contributed by atoms with Crippen LogP contribution in [0.5, 0.6) is 5.75 Å². The van der Waals surface area contributed by atoms with Crippen LogP contribution >= 0.6 is 12.4 Å². The number of hydrogen-bond donors (Lipinski definition) is 3. The van der Waals surface area contributed by atoms with Gasteiger partial charge in [-0.3, -0.25) is 0 Å². The van der Waals surface area contributed by atoms with Crippen molar-refractivity contribution in [2.75, 3.05) is 0 Å². The Kier molecular flexibility index (Phi) is 3.61. The standard InChI is InChI=1S/C11H14N2O.ClH/c1-7(12)4-8-6-13-11-3-2-9(14)5-10(8)11;/h2-3,5-7,13-14H,4,12H2,1H3;1H. The number of H-pyrrole nitrogens is 1. The SMILES string of the molecule is CC(N)Cc1c[nH]c2ccc(O)cc12.Cl. The molecule has 2 rings (SSSR count). The molecule has 0 saturated carbocycles. The monoisotopic (exact) mass is 226 g/mol. The van der Waals surface area contributed by atoms with Crippen molar-refractivity contribution in [1.82, 2.24) is 4.98 Å². The summed E-state index contributed by atoms with van der Waals surface area (Å²) in [5.74, 6) is 0.294. The first-order valence-electron chi connectivity index (χ1n) is 4.71. The Bertz CT molecular complexity index is 451. The Hall–Kier alpha value is -1.19. The average molecular weight is 227 g/mol. The van der Waals surface area contributed by atoms with Crippen molar-refractivity contribution >= 4 is 23.3 Å². The number of aromatic nitrogens is 1. The van der Waals surface area contributed by atoms with Gasteiger partial charge in [0.05, 0.1) is 0 Å². The molecule has 3 nitrogen and oxygen atoms in total. The van der Waals surface area contributed by atoms with E-state index in [1.807, 2.05) is 19.2 Å². The smallest absolute Gasteiger partial charge is 0.116 e. The van der Waals surface area contributed by atoms with Gasteiger partial charge in [-0.2, -0.15) is 0 Å². The molecule has 1 unspecified atom stereocenters. The third-order valence-electron chi connectivity index (χ3n) is 2.29. The number of nitrogens with one attached hydrogen (secondary N) is 1. The van der Waals surface area contributed by atoms with Crippen molar-refractivity contribution < 1.29 is 5.11 Å². The molecule has 2 aromatic rings. The second-order valence-electron chi connectivity index (χ2n) is 3.73. The summed E-state index contributed by atoms with van der Waals surface area (Å²) in [6.45, 7) is 1.97. The Morgan fingerprint density at radius 3 is 2.87 bits per heavy atom. The number of phenolic OH excluding ortho intramolecular Hbond substituents is 1. The number of aromatic amines is 1. The maximum atomic E-state index is 9.36. The van der Waals surface area contributed by atoms with Gasteiger partial charge in [0.25, 0.3) is 0 Å². The fourth-order valence-electron chi connectivity index (χ4n) is 1.68. The van der Waals surface area contributed by atoms with Gasteiger partial charge in [0.15, 0.2) is 0 Å². The van der Waals surface area contributed by atoms with Crippen molar-refractivity contribution in [2.24, 2.45) is 5.73 Å². The molecule has 0 spiro atoms. The van der Waals surface area contributed by atoms with Crippen LogP contribution in [0.3, 0.4) is 0 Å². The van der Waals surface area contributed by atoms with Gasteiger partial charge < -0.3 is 15.8 Å². The first-order chi connectivity index (χ1) is 6.66. The lowest BCUT2D eigenvalue weighted by molar-refractivity contribution is 0.476. The average Bonchev–Trinajstić information content (AvgIpc) is 2.47. The molecule has 1 aromatic heterocycles. The quantitative estimate of drug-likeness (QED) is 0.735. The zero-order valence-corrected chi connectivity index (χ0v) is 9.34. The van der Waals surface area contributed by atoms with Gasteiger partial charge in [0, 0.05) is 23.1 Å². The molecule has 0 saturated heterocycles. The number of phenols is 1. The molecule has 1 atom stereocenters. The Labute approximate surface area is 94.7 Å². The molecule has 4 heteroatoms. The fourth-order valence-corrected chi connectivity index (χ4v) is 1.68. The van der Waals surface area contributed by atoms with E-state index in [-0.39, 0.29) is 18.4 Å². The molecule has 1 aromatic carbocycles. The Morgan fingerprint density at radius 1 is 1.47 bits per heavy atom. The molecule has 0 aliphatic rings. The molecule has 0 bridgehead atoms. The lowest BCUT2D eigenvalue weighted by atomic mass is 10.1. The Balaban J connectivity index is 0.00000112. The van der Waals surface area contributed by atoms with Gasteiger partial charge in [0.2, 0.25) is 0 Å². The second-order valence-corrected chi connectivity index (χ2v) is 3.73. The summed E-state index contributed by atoms with van der Waals surface area (Å²) in [5.41, 5.74) is 7.93. The minimum absolute atomic E-state index is 0. The summed E-state index contributed by atoms with van der Waals surface area (Å²) in [5, 5.41) is 10.4. The van der Waals surface area contributed by atoms with Gasteiger partial charge in [-0.15, -0.1) is 12.4 Å². The number of nitrogens with two attached hydrogens (primary N) is 1. The molecule has 1 heterocycles. The van der Waals surface area contributed by atoms with Gasteiger partial charge >= 0.3 is 0 Å². The molecular formula is C11H15ClN2O. The van der Waals surface area contributed by atoms with E-state index in [0.29, 0.717) is 5.75 Å². The van der Waals surface area contributed by atoms with E-state index < -0.39 is 0 Å². The summed E-state index contributed by atoms with van der Waals surface area (Å²) in [6, 6.07) is 5.45. The van der Waals surface area contributed by atoms with Crippen LogP contribution in [-0.4, -0.2) is 16.1 Å². The third kappa shape index (κ3) is 2.43. The van der Waals surface area contributed by atoms with Crippen molar-refractivity contribution in [1.29, 1.82) is 0 Å². The highest BCUT2D eigenvalue weighted by molar-refractivity contribution is 5.85. The topological polar surface area (TPSA) is 62.0 Å². The summed E-state index contributed by atoms with van der Waals surface area (Å²) in [7, 11) is 0. The maximum Gasteiger partial charge on any atom is 0.116 e. The molecule has 15 heavy (non-hydrogen) atoms.